The molecule has 182 valence electrons. The highest BCUT2D eigenvalue weighted by atomic mass is 16.5. The molecule has 0 aliphatic heterocycles. The van der Waals surface area contributed by atoms with E-state index >= 15 is 0 Å². The van der Waals surface area contributed by atoms with Gasteiger partial charge in [-0.15, -0.1) is 0 Å². The standard InChI is InChI=1S/C31H47NO/c1-3-5-7-9-11-26-12-14-27(15-13-26)16-17-28-18-23-31(32-25-28)29-19-21-30(22-20-29)33-24-10-8-6-4-2/h18-23,25-27H,3-17,24H2,1-2H3/t26-,27-. The third kappa shape index (κ3) is 9.51. The molecule has 3 rings (SSSR count). The van der Waals surface area contributed by atoms with Crippen LogP contribution >= 0.6 is 0 Å². The van der Waals surface area contributed by atoms with Crippen LogP contribution in [0.2, 0.25) is 0 Å². The van der Waals surface area contributed by atoms with E-state index in [1.807, 2.05) is 0 Å². The smallest absolute Gasteiger partial charge is 0.119 e. The van der Waals surface area contributed by atoms with Crippen LogP contribution in [0.15, 0.2) is 42.6 Å². The van der Waals surface area contributed by atoms with E-state index in [0.717, 1.165) is 41.9 Å². The van der Waals surface area contributed by atoms with Crippen LogP contribution < -0.4 is 4.74 Å². The molecule has 0 spiro atoms. The first-order valence-electron chi connectivity index (χ1n) is 14.0. The molecular weight excluding hydrogens is 402 g/mol. The summed E-state index contributed by atoms with van der Waals surface area (Å²) in [5.74, 6) is 2.89. The first-order chi connectivity index (χ1) is 16.3. The molecule has 2 heteroatoms. The van der Waals surface area contributed by atoms with Crippen molar-refractivity contribution in [2.24, 2.45) is 11.8 Å². The van der Waals surface area contributed by atoms with Gasteiger partial charge in [-0.25, -0.2) is 0 Å². The van der Waals surface area contributed by atoms with Crippen molar-refractivity contribution in [3.05, 3.63) is 48.2 Å². The number of rotatable bonds is 15. The van der Waals surface area contributed by atoms with E-state index in [4.69, 9.17) is 9.72 Å². The monoisotopic (exact) mass is 449 g/mol. The van der Waals surface area contributed by atoms with Gasteiger partial charge in [-0.3, -0.25) is 4.98 Å². The van der Waals surface area contributed by atoms with E-state index in [9.17, 15) is 0 Å². The molecule has 0 amide bonds. The Morgan fingerprint density at radius 1 is 0.727 bits per heavy atom. The summed E-state index contributed by atoms with van der Waals surface area (Å²) in [6.45, 7) is 5.35. The molecule has 0 unspecified atom stereocenters. The first-order valence-corrected chi connectivity index (χ1v) is 14.0. The summed E-state index contributed by atoms with van der Waals surface area (Å²) in [4.78, 5) is 4.76. The van der Waals surface area contributed by atoms with E-state index in [1.54, 1.807) is 0 Å². The van der Waals surface area contributed by atoms with Gasteiger partial charge in [-0.1, -0.05) is 97.0 Å². The summed E-state index contributed by atoms with van der Waals surface area (Å²) in [6, 6.07) is 12.9. The molecule has 1 heterocycles. The van der Waals surface area contributed by atoms with Gasteiger partial charge < -0.3 is 4.74 Å². The summed E-state index contributed by atoms with van der Waals surface area (Å²) in [6.07, 6.45) is 22.5. The zero-order valence-electron chi connectivity index (χ0n) is 21.4. The predicted molar refractivity (Wildman–Crippen MR) is 142 cm³/mol. The van der Waals surface area contributed by atoms with E-state index in [0.29, 0.717) is 0 Å². The molecule has 0 saturated heterocycles. The Hall–Kier alpha value is -1.83. The average Bonchev–Trinajstić information content (AvgIpc) is 2.87. The van der Waals surface area contributed by atoms with E-state index in [2.05, 4.69) is 56.4 Å². The SMILES string of the molecule is CCCCCCOc1ccc(-c2ccc(CC[C@H]3CC[C@H](CCCCCC)CC3)cn2)cc1. The van der Waals surface area contributed by atoms with Gasteiger partial charge in [0.1, 0.15) is 5.75 Å². The van der Waals surface area contributed by atoms with Gasteiger partial charge in [0.25, 0.3) is 0 Å². The number of hydrogen-bond donors (Lipinski definition) is 0. The molecule has 1 aliphatic rings. The van der Waals surface area contributed by atoms with Crippen LogP contribution in [0.1, 0.15) is 109 Å². The molecule has 2 nitrogen and oxygen atoms in total. The second kappa shape index (κ2) is 15.1. The van der Waals surface area contributed by atoms with Crippen LogP contribution in [0.25, 0.3) is 11.3 Å². The minimum Gasteiger partial charge on any atom is -0.494 e. The lowest BCUT2D eigenvalue weighted by atomic mass is 9.78. The maximum atomic E-state index is 5.87. The van der Waals surface area contributed by atoms with Crippen molar-refractivity contribution in [2.45, 2.75) is 110 Å². The maximum Gasteiger partial charge on any atom is 0.119 e. The molecule has 1 aliphatic carbocycles. The number of unbranched alkanes of at least 4 members (excludes halogenated alkanes) is 6. The molecule has 0 atom stereocenters. The number of pyridine rings is 1. The maximum absolute atomic E-state index is 5.87. The quantitative estimate of drug-likeness (QED) is 0.253. The molecule has 33 heavy (non-hydrogen) atoms. The number of hydrogen-bond acceptors (Lipinski definition) is 2. The highest BCUT2D eigenvalue weighted by Crippen LogP contribution is 2.34. The Morgan fingerprint density at radius 2 is 1.39 bits per heavy atom. The second-order valence-corrected chi connectivity index (χ2v) is 10.3. The van der Waals surface area contributed by atoms with Crippen molar-refractivity contribution < 1.29 is 4.74 Å². The summed E-state index contributed by atoms with van der Waals surface area (Å²) >= 11 is 0. The highest BCUT2D eigenvalue weighted by Gasteiger charge is 2.20. The second-order valence-electron chi connectivity index (χ2n) is 10.3. The van der Waals surface area contributed by atoms with Crippen molar-refractivity contribution in [1.82, 2.24) is 4.98 Å². The van der Waals surface area contributed by atoms with Gasteiger partial charge in [0.05, 0.1) is 12.3 Å². The van der Waals surface area contributed by atoms with Crippen LogP contribution in [0.4, 0.5) is 0 Å². The Labute approximate surface area is 203 Å². The number of benzene rings is 1. The van der Waals surface area contributed by atoms with Crippen molar-refractivity contribution >= 4 is 0 Å². The minimum atomic E-state index is 0.812. The summed E-state index contributed by atoms with van der Waals surface area (Å²) < 4.78 is 5.87. The largest absolute Gasteiger partial charge is 0.494 e. The fourth-order valence-corrected chi connectivity index (χ4v) is 5.22. The van der Waals surface area contributed by atoms with Crippen molar-refractivity contribution in [3.63, 3.8) is 0 Å². The molecule has 1 fully saturated rings. The molecule has 2 aromatic rings. The average molecular weight is 450 g/mol. The van der Waals surface area contributed by atoms with Crippen LogP contribution in [0.3, 0.4) is 0 Å². The number of ether oxygens (including phenoxy) is 1. The van der Waals surface area contributed by atoms with E-state index < -0.39 is 0 Å². The first kappa shape index (κ1) is 25.8. The summed E-state index contributed by atoms with van der Waals surface area (Å²) in [7, 11) is 0. The van der Waals surface area contributed by atoms with Gasteiger partial charge in [-0.05, 0) is 67.0 Å². The van der Waals surface area contributed by atoms with Gasteiger partial charge in [0, 0.05) is 11.8 Å². The van der Waals surface area contributed by atoms with Crippen LogP contribution in [0, 0.1) is 11.8 Å². The predicted octanol–water partition coefficient (Wildman–Crippen LogP) is 9.42. The van der Waals surface area contributed by atoms with Gasteiger partial charge >= 0.3 is 0 Å². The normalized spacial score (nSPS) is 18.4. The third-order valence-electron chi connectivity index (χ3n) is 7.51. The molecule has 0 radical (unpaired) electrons. The zero-order chi connectivity index (χ0) is 23.1. The molecular formula is C31H47NO. The number of aromatic nitrogens is 1. The zero-order valence-corrected chi connectivity index (χ0v) is 21.4. The van der Waals surface area contributed by atoms with Crippen molar-refractivity contribution in [1.29, 1.82) is 0 Å². The lowest BCUT2D eigenvalue weighted by Crippen LogP contribution is -2.15. The van der Waals surface area contributed by atoms with E-state index in [1.165, 1.54) is 95.5 Å². The number of nitrogens with zero attached hydrogens (tertiary/aromatic N) is 1. The summed E-state index contributed by atoms with van der Waals surface area (Å²) in [5, 5.41) is 0. The summed E-state index contributed by atoms with van der Waals surface area (Å²) in [5.41, 5.74) is 3.60. The Bertz CT molecular complexity index is 743. The van der Waals surface area contributed by atoms with Crippen molar-refractivity contribution in [2.75, 3.05) is 6.61 Å². The van der Waals surface area contributed by atoms with Gasteiger partial charge in [0.2, 0.25) is 0 Å². The lowest BCUT2D eigenvalue weighted by Gasteiger charge is -2.28. The highest BCUT2D eigenvalue weighted by molar-refractivity contribution is 5.60. The molecule has 1 saturated carbocycles. The topological polar surface area (TPSA) is 22.1 Å². The fourth-order valence-electron chi connectivity index (χ4n) is 5.22. The minimum absolute atomic E-state index is 0.812. The van der Waals surface area contributed by atoms with Crippen LogP contribution in [-0.4, -0.2) is 11.6 Å². The molecule has 1 aromatic carbocycles. The van der Waals surface area contributed by atoms with E-state index in [-0.39, 0.29) is 0 Å². The Kier molecular flexibility index (Phi) is 11.8. The fraction of sp³-hybridized carbons (Fsp3) is 0.645. The van der Waals surface area contributed by atoms with Crippen LogP contribution in [0.5, 0.6) is 5.75 Å². The lowest BCUT2D eigenvalue weighted by molar-refractivity contribution is 0.249. The Morgan fingerprint density at radius 3 is 2.03 bits per heavy atom. The third-order valence-corrected chi connectivity index (χ3v) is 7.51. The van der Waals surface area contributed by atoms with Gasteiger partial charge in [0.15, 0.2) is 0 Å². The van der Waals surface area contributed by atoms with Crippen LogP contribution in [-0.2, 0) is 6.42 Å². The molecule has 1 aromatic heterocycles. The Balaban J connectivity index is 1.35. The molecule has 0 N–H and O–H groups in total. The van der Waals surface area contributed by atoms with Crippen molar-refractivity contribution in [3.8, 4) is 17.0 Å². The van der Waals surface area contributed by atoms with Gasteiger partial charge in [-0.2, -0.15) is 0 Å². The molecule has 0 bridgehead atoms. The number of aryl methyl sites for hydroxylation is 1.